The predicted molar refractivity (Wildman–Crippen MR) is 89.6 cm³/mol. The average Bonchev–Trinajstić information content (AvgIpc) is 2.53. The molecule has 0 bridgehead atoms. The largest absolute Gasteiger partial charge is 0.480 e. The van der Waals surface area contributed by atoms with Gasteiger partial charge in [0.2, 0.25) is 11.8 Å². The number of rotatable bonds is 6. The Hall–Kier alpha value is -2.37. The summed E-state index contributed by atoms with van der Waals surface area (Å²) in [5.41, 5.74) is 2.44. The van der Waals surface area contributed by atoms with Crippen molar-refractivity contribution in [2.75, 3.05) is 0 Å². The van der Waals surface area contributed by atoms with Crippen molar-refractivity contribution in [3.8, 4) is 0 Å². The molecule has 0 spiro atoms. The topological polar surface area (TPSA) is 95.5 Å². The molecular weight excluding hydrogens is 308 g/mol. The van der Waals surface area contributed by atoms with Crippen LogP contribution in [0.2, 0.25) is 0 Å². The van der Waals surface area contributed by atoms with Crippen LogP contribution in [0.3, 0.4) is 0 Å². The fourth-order valence-corrected chi connectivity index (χ4v) is 3.27. The molecule has 1 aliphatic rings. The lowest BCUT2D eigenvalue weighted by atomic mass is 9.79. The van der Waals surface area contributed by atoms with Crippen LogP contribution in [0.15, 0.2) is 24.3 Å². The van der Waals surface area contributed by atoms with Crippen molar-refractivity contribution in [1.29, 1.82) is 0 Å². The molecule has 3 atom stereocenters. The molecule has 0 saturated heterocycles. The summed E-state index contributed by atoms with van der Waals surface area (Å²) >= 11 is 0. The Morgan fingerprint density at radius 3 is 2.62 bits per heavy atom. The van der Waals surface area contributed by atoms with E-state index in [-0.39, 0.29) is 11.8 Å². The first kappa shape index (κ1) is 18.0. The highest BCUT2D eigenvalue weighted by atomic mass is 16.4. The van der Waals surface area contributed by atoms with E-state index in [1.165, 1.54) is 25.0 Å². The summed E-state index contributed by atoms with van der Waals surface area (Å²) in [7, 11) is 0. The maximum atomic E-state index is 12.1. The third-order valence-electron chi connectivity index (χ3n) is 4.44. The van der Waals surface area contributed by atoms with Crippen LogP contribution >= 0.6 is 0 Å². The van der Waals surface area contributed by atoms with E-state index in [0.717, 1.165) is 19.3 Å². The maximum absolute atomic E-state index is 12.1. The van der Waals surface area contributed by atoms with Crippen molar-refractivity contribution < 1.29 is 19.5 Å². The number of fused-ring (bicyclic) bond motifs is 1. The molecule has 24 heavy (non-hydrogen) atoms. The molecule has 3 unspecified atom stereocenters. The number of nitrogens with one attached hydrogen (secondary N) is 2. The molecule has 6 nitrogen and oxygen atoms in total. The van der Waals surface area contributed by atoms with Crippen LogP contribution in [0, 0.1) is 0 Å². The molecule has 0 aromatic heterocycles. The quantitative estimate of drug-likeness (QED) is 0.737. The molecule has 2 rings (SSSR count). The Morgan fingerprint density at radius 1 is 1.25 bits per heavy atom. The standard InChI is InChI=1S/C18H24N2O4/c1-11(19-12(2)21)17(22)20-16(18(23)24)10-14-8-5-7-13-6-3-4-9-15(13)14/h3-4,6,9,11,14,16H,5,7-8,10H2,1-2H3,(H,19,21)(H,20,22)(H,23,24). The monoisotopic (exact) mass is 332 g/mol. The Bertz CT molecular complexity index is 629. The predicted octanol–water partition coefficient (Wildman–Crippen LogP) is 1.59. The molecule has 0 radical (unpaired) electrons. The van der Waals surface area contributed by atoms with Crippen LogP contribution in [0.1, 0.15) is 50.2 Å². The summed E-state index contributed by atoms with van der Waals surface area (Å²) in [6.07, 6.45) is 3.30. The van der Waals surface area contributed by atoms with Crippen molar-refractivity contribution in [2.24, 2.45) is 0 Å². The second-order valence-corrected chi connectivity index (χ2v) is 6.35. The van der Waals surface area contributed by atoms with Gasteiger partial charge in [0.15, 0.2) is 0 Å². The first-order valence-corrected chi connectivity index (χ1v) is 8.26. The van der Waals surface area contributed by atoms with Gasteiger partial charge in [0, 0.05) is 6.92 Å². The van der Waals surface area contributed by atoms with Crippen molar-refractivity contribution in [1.82, 2.24) is 10.6 Å². The number of aryl methyl sites for hydroxylation is 1. The number of carbonyl (C=O) groups is 3. The second-order valence-electron chi connectivity index (χ2n) is 6.35. The van der Waals surface area contributed by atoms with E-state index in [9.17, 15) is 19.5 Å². The number of carboxylic acid groups (broad SMARTS) is 1. The van der Waals surface area contributed by atoms with Crippen molar-refractivity contribution in [3.05, 3.63) is 35.4 Å². The van der Waals surface area contributed by atoms with E-state index in [0.29, 0.717) is 6.42 Å². The molecule has 0 heterocycles. The molecule has 1 aliphatic carbocycles. The van der Waals surface area contributed by atoms with Crippen LogP contribution in [0.5, 0.6) is 0 Å². The first-order valence-electron chi connectivity index (χ1n) is 8.26. The van der Waals surface area contributed by atoms with E-state index in [4.69, 9.17) is 0 Å². The lowest BCUT2D eigenvalue weighted by molar-refractivity contribution is -0.142. The van der Waals surface area contributed by atoms with E-state index in [2.05, 4.69) is 16.7 Å². The van der Waals surface area contributed by atoms with Crippen molar-refractivity contribution in [2.45, 2.75) is 57.5 Å². The van der Waals surface area contributed by atoms with Crippen molar-refractivity contribution in [3.63, 3.8) is 0 Å². The van der Waals surface area contributed by atoms with Crippen molar-refractivity contribution >= 4 is 17.8 Å². The second kappa shape index (κ2) is 7.95. The minimum atomic E-state index is -1.05. The van der Waals surface area contributed by atoms with E-state index < -0.39 is 24.0 Å². The Morgan fingerprint density at radius 2 is 1.96 bits per heavy atom. The van der Waals surface area contributed by atoms with Crippen LogP contribution < -0.4 is 10.6 Å². The van der Waals surface area contributed by atoms with Gasteiger partial charge in [0.1, 0.15) is 12.1 Å². The van der Waals surface area contributed by atoms with Gasteiger partial charge in [-0.1, -0.05) is 24.3 Å². The van der Waals surface area contributed by atoms with Gasteiger partial charge in [-0.3, -0.25) is 9.59 Å². The van der Waals surface area contributed by atoms with Gasteiger partial charge in [0.05, 0.1) is 0 Å². The molecule has 1 aromatic rings. The highest BCUT2D eigenvalue weighted by Gasteiger charge is 2.29. The zero-order valence-electron chi connectivity index (χ0n) is 14.0. The van der Waals surface area contributed by atoms with Gasteiger partial charge in [-0.2, -0.15) is 0 Å². The number of carboxylic acids is 1. The fraction of sp³-hybridized carbons (Fsp3) is 0.500. The lowest BCUT2D eigenvalue weighted by Gasteiger charge is -2.28. The van der Waals surface area contributed by atoms with Crippen LogP contribution in [0.25, 0.3) is 0 Å². The lowest BCUT2D eigenvalue weighted by Crippen LogP contribution is -2.50. The smallest absolute Gasteiger partial charge is 0.326 e. The summed E-state index contributed by atoms with van der Waals surface area (Å²) in [4.78, 5) is 34.7. The summed E-state index contributed by atoms with van der Waals surface area (Å²) in [6.45, 7) is 2.85. The number of aliphatic carboxylic acids is 1. The van der Waals surface area contributed by atoms with E-state index in [1.54, 1.807) is 0 Å². The minimum Gasteiger partial charge on any atom is -0.480 e. The van der Waals surface area contributed by atoms with Crippen LogP contribution in [-0.4, -0.2) is 35.0 Å². The summed E-state index contributed by atoms with van der Waals surface area (Å²) in [6, 6.07) is 6.35. The van der Waals surface area contributed by atoms with Gasteiger partial charge in [-0.05, 0) is 49.7 Å². The first-order chi connectivity index (χ1) is 11.4. The Balaban J connectivity index is 2.06. The van der Waals surface area contributed by atoms with Gasteiger partial charge < -0.3 is 15.7 Å². The Kier molecular flexibility index (Phi) is 5.95. The highest BCUT2D eigenvalue weighted by Crippen LogP contribution is 2.34. The van der Waals surface area contributed by atoms with Gasteiger partial charge in [0.25, 0.3) is 0 Å². The summed E-state index contributed by atoms with van der Waals surface area (Å²) in [5, 5.41) is 14.5. The zero-order valence-corrected chi connectivity index (χ0v) is 14.0. The molecule has 0 saturated carbocycles. The molecule has 6 heteroatoms. The van der Waals surface area contributed by atoms with Gasteiger partial charge in [-0.15, -0.1) is 0 Å². The zero-order chi connectivity index (χ0) is 17.7. The summed E-state index contributed by atoms with van der Waals surface area (Å²) < 4.78 is 0. The van der Waals surface area contributed by atoms with Gasteiger partial charge in [-0.25, -0.2) is 4.79 Å². The molecule has 0 aliphatic heterocycles. The Labute approximate surface area is 141 Å². The maximum Gasteiger partial charge on any atom is 0.326 e. The van der Waals surface area contributed by atoms with Crippen LogP contribution in [-0.2, 0) is 20.8 Å². The number of hydrogen-bond acceptors (Lipinski definition) is 3. The SMILES string of the molecule is CC(=O)NC(C)C(=O)NC(CC1CCCc2ccccc21)C(=O)O. The number of carbonyl (C=O) groups excluding carboxylic acids is 2. The van der Waals surface area contributed by atoms with E-state index in [1.807, 2.05) is 18.2 Å². The third-order valence-corrected chi connectivity index (χ3v) is 4.44. The van der Waals surface area contributed by atoms with Gasteiger partial charge >= 0.3 is 5.97 Å². The number of hydrogen-bond donors (Lipinski definition) is 3. The fourth-order valence-electron chi connectivity index (χ4n) is 3.27. The van der Waals surface area contributed by atoms with Crippen LogP contribution in [0.4, 0.5) is 0 Å². The normalized spacial score (nSPS) is 18.8. The number of amides is 2. The highest BCUT2D eigenvalue weighted by molar-refractivity contribution is 5.89. The minimum absolute atomic E-state index is 0.118. The summed E-state index contributed by atoms with van der Waals surface area (Å²) in [5.74, 6) is -1.75. The number of benzene rings is 1. The molecule has 1 aromatic carbocycles. The van der Waals surface area contributed by atoms with E-state index >= 15 is 0 Å². The molecular formula is C18H24N2O4. The third kappa shape index (κ3) is 4.57. The molecule has 2 amide bonds. The molecule has 0 fully saturated rings. The molecule has 3 N–H and O–H groups in total. The average molecular weight is 332 g/mol. The molecule has 130 valence electrons.